The van der Waals surface area contributed by atoms with Crippen molar-refractivity contribution in [1.29, 1.82) is 0 Å². The molecule has 110 valence electrons. The minimum absolute atomic E-state index is 0.132. The van der Waals surface area contributed by atoms with Crippen LogP contribution in [0.3, 0.4) is 0 Å². The number of hydrogen-bond donors (Lipinski definition) is 2. The molecule has 0 aromatic heterocycles. The van der Waals surface area contributed by atoms with Gasteiger partial charge in [0.15, 0.2) is 0 Å². The summed E-state index contributed by atoms with van der Waals surface area (Å²) < 4.78 is 0. The predicted molar refractivity (Wildman–Crippen MR) is 90.9 cm³/mol. The average Bonchev–Trinajstić information content (AvgIpc) is 2.54. The Morgan fingerprint density at radius 3 is 2.50 bits per heavy atom. The first-order valence-corrected chi connectivity index (χ1v) is 7.28. The smallest absolute Gasteiger partial charge is 0.248 e. The van der Waals surface area contributed by atoms with Gasteiger partial charge in [0.05, 0.1) is 0 Å². The lowest BCUT2D eigenvalue weighted by atomic mass is 10.0. The molecule has 0 aliphatic heterocycles. The first kappa shape index (κ1) is 14.1. The van der Waals surface area contributed by atoms with Crippen LogP contribution in [0.4, 0.5) is 5.69 Å². The zero-order valence-corrected chi connectivity index (χ0v) is 12.4. The largest absolute Gasteiger partial charge is 0.379 e. The molecule has 0 radical (unpaired) electrons. The van der Waals surface area contributed by atoms with Crippen LogP contribution >= 0.6 is 0 Å². The third-order valence-electron chi connectivity index (χ3n) is 3.80. The Morgan fingerprint density at radius 1 is 0.955 bits per heavy atom. The maximum atomic E-state index is 11.2. The molecule has 0 unspecified atom stereocenters. The third-order valence-corrected chi connectivity index (χ3v) is 3.80. The van der Waals surface area contributed by atoms with Gasteiger partial charge in [-0.1, -0.05) is 42.5 Å². The van der Waals surface area contributed by atoms with E-state index in [0.717, 1.165) is 5.69 Å². The zero-order valence-electron chi connectivity index (χ0n) is 12.4. The van der Waals surface area contributed by atoms with Crippen molar-refractivity contribution in [1.82, 2.24) is 0 Å². The molecule has 3 aromatic rings. The fourth-order valence-corrected chi connectivity index (χ4v) is 2.57. The van der Waals surface area contributed by atoms with E-state index in [0.29, 0.717) is 5.56 Å². The number of amides is 1. The number of hydrogen-bond acceptors (Lipinski definition) is 2. The molecule has 3 N–H and O–H groups in total. The van der Waals surface area contributed by atoms with Gasteiger partial charge in [-0.3, -0.25) is 4.79 Å². The van der Waals surface area contributed by atoms with Gasteiger partial charge < -0.3 is 11.1 Å². The maximum absolute atomic E-state index is 11.2. The SMILES string of the molecule is C[C@@H](Nc1cccc(C(N)=O)c1)c1ccc2ccccc2c1. The normalized spacial score (nSPS) is 12.0. The van der Waals surface area contributed by atoms with E-state index >= 15 is 0 Å². The number of anilines is 1. The van der Waals surface area contributed by atoms with Crippen molar-refractivity contribution in [3.63, 3.8) is 0 Å². The van der Waals surface area contributed by atoms with Gasteiger partial charge in [0.2, 0.25) is 5.91 Å². The number of nitrogens with one attached hydrogen (secondary N) is 1. The van der Waals surface area contributed by atoms with E-state index in [1.165, 1.54) is 16.3 Å². The van der Waals surface area contributed by atoms with Crippen LogP contribution in [-0.2, 0) is 0 Å². The average molecular weight is 290 g/mol. The van der Waals surface area contributed by atoms with Crippen LogP contribution in [0.1, 0.15) is 28.9 Å². The van der Waals surface area contributed by atoms with E-state index in [1.807, 2.05) is 24.3 Å². The highest BCUT2D eigenvalue weighted by Gasteiger charge is 2.07. The van der Waals surface area contributed by atoms with Gasteiger partial charge >= 0.3 is 0 Å². The van der Waals surface area contributed by atoms with Crippen LogP contribution in [0.25, 0.3) is 10.8 Å². The van der Waals surface area contributed by atoms with Crippen LogP contribution < -0.4 is 11.1 Å². The van der Waals surface area contributed by atoms with Crippen molar-refractivity contribution in [3.8, 4) is 0 Å². The number of fused-ring (bicyclic) bond motifs is 1. The van der Waals surface area contributed by atoms with Crippen molar-refractivity contribution in [3.05, 3.63) is 77.9 Å². The number of benzene rings is 3. The summed E-state index contributed by atoms with van der Waals surface area (Å²) in [7, 11) is 0. The Labute approximate surface area is 129 Å². The molecule has 0 bridgehead atoms. The number of nitrogens with two attached hydrogens (primary N) is 1. The number of carbonyl (C=O) groups excluding carboxylic acids is 1. The molecular weight excluding hydrogens is 272 g/mol. The van der Waals surface area contributed by atoms with Crippen molar-refractivity contribution in [2.45, 2.75) is 13.0 Å². The lowest BCUT2D eigenvalue weighted by Crippen LogP contribution is -2.12. The van der Waals surface area contributed by atoms with Crippen molar-refractivity contribution >= 4 is 22.4 Å². The Hall–Kier alpha value is -2.81. The Bertz CT molecular complexity index is 826. The molecule has 0 saturated carbocycles. The summed E-state index contributed by atoms with van der Waals surface area (Å²) in [5, 5.41) is 5.86. The lowest BCUT2D eigenvalue weighted by Gasteiger charge is -2.17. The number of primary amides is 1. The monoisotopic (exact) mass is 290 g/mol. The molecule has 0 spiro atoms. The maximum Gasteiger partial charge on any atom is 0.248 e. The highest BCUT2D eigenvalue weighted by molar-refractivity contribution is 5.93. The summed E-state index contributed by atoms with van der Waals surface area (Å²) in [6.45, 7) is 2.10. The van der Waals surface area contributed by atoms with Crippen molar-refractivity contribution < 1.29 is 4.79 Å². The Balaban J connectivity index is 1.85. The second-order valence-electron chi connectivity index (χ2n) is 5.42. The van der Waals surface area contributed by atoms with Gasteiger partial charge in [0.25, 0.3) is 0 Å². The first-order valence-electron chi connectivity index (χ1n) is 7.28. The standard InChI is InChI=1S/C19H18N2O/c1-13(21-18-8-4-7-17(12-18)19(20)22)15-10-9-14-5-2-3-6-16(14)11-15/h2-13,21H,1H3,(H2,20,22)/t13-/m1/s1. The molecule has 1 amide bonds. The fraction of sp³-hybridized carbons (Fsp3) is 0.105. The molecule has 3 rings (SSSR count). The molecule has 3 heteroatoms. The predicted octanol–water partition coefficient (Wildman–Crippen LogP) is 4.11. The molecule has 1 atom stereocenters. The second kappa shape index (κ2) is 5.90. The third kappa shape index (κ3) is 2.93. The molecule has 0 fully saturated rings. The van der Waals surface area contributed by atoms with Crippen LogP contribution in [0.2, 0.25) is 0 Å². The first-order chi connectivity index (χ1) is 10.6. The number of carbonyl (C=O) groups is 1. The molecule has 3 nitrogen and oxygen atoms in total. The van der Waals surface area contributed by atoms with Gasteiger partial charge in [0.1, 0.15) is 0 Å². The van der Waals surface area contributed by atoms with Crippen LogP contribution in [0.15, 0.2) is 66.7 Å². The van der Waals surface area contributed by atoms with Crippen molar-refractivity contribution in [2.75, 3.05) is 5.32 Å². The van der Waals surface area contributed by atoms with E-state index in [-0.39, 0.29) is 6.04 Å². The Morgan fingerprint density at radius 2 is 1.73 bits per heavy atom. The summed E-state index contributed by atoms with van der Waals surface area (Å²) in [6.07, 6.45) is 0. The van der Waals surface area contributed by atoms with E-state index in [9.17, 15) is 4.79 Å². The molecule has 22 heavy (non-hydrogen) atoms. The molecule has 0 heterocycles. The molecule has 0 aliphatic carbocycles. The van der Waals surface area contributed by atoms with E-state index in [2.05, 4.69) is 42.6 Å². The fourth-order valence-electron chi connectivity index (χ4n) is 2.57. The molecule has 0 saturated heterocycles. The molecule has 0 aliphatic rings. The van der Waals surface area contributed by atoms with Crippen molar-refractivity contribution in [2.24, 2.45) is 5.73 Å². The zero-order chi connectivity index (χ0) is 15.5. The highest BCUT2D eigenvalue weighted by Crippen LogP contribution is 2.23. The lowest BCUT2D eigenvalue weighted by molar-refractivity contribution is 0.100. The van der Waals surface area contributed by atoms with E-state index in [1.54, 1.807) is 12.1 Å². The second-order valence-corrected chi connectivity index (χ2v) is 5.42. The summed E-state index contributed by atoms with van der Waals surface area (Å²) in [5.74, 6) is -0.415. The molecular formula is C19H18N2O. The van der Waals surface area contributed by atoms with Crippen LogP contribution in [0.5, 0.6) is 0 Å². The topological polar surface area (TPSA) is 55.1 Å². The van der Waals surface area contributed by atoms with Gasteiger partial charge in [-0.05, 0) is 47.5 Å². The van der Waals surface area contributed by atoms with Gasteiger partial charge in [-0.15, -0.1) is 0 Å². The molecule has 3 aromatic carbocycles. The number of rotatable bonds is 4. The van der Waals surface area contributed by atoms with Crippen LogP contribution in [-0.4, -0.2) is 5.91 Å². The minimum atomic E-state index is -0.415. The summed E-state index contributed by atoms with van der Waals surface area (Å²) in [4.78, 5) is 11.2. The Kier molecular flexibility index (Phi) is 3.79. The summed E-state index contributed by atoms with van der Waals surface area (Å²) in [5.41, 5.74) is 7.91. The van der Waals surface area contributed by atoms with E-state index < -0.39 is 5.91 Å². The quantitative estimate of drug-likeness (QED) is 0.759. The highest BCUT2D eigenvalue weighted by atomic mass is 16.1. The minimum Gasteiger partial charge on any atom is -0.379 e. The van der Waals surface area contributed by atoms with Gasteiger partial charge in [0, 0.05) is 17.3 Å². The van der Waals surface area contributed by atoms with Crippen LogP contribution in [0, 0.1) is 0 Å². The van der Waals surface area contributed by atoms with E-state index in [4.69, 9.17) is 5.73 Å². The van der Waals surface area contributed by atoms with Gasteiger partial charge in [-0.25, -0.2) is 0 Å². The van der Waals surface area contributed by atoms with Gasteiger partial charge in [-0.2, -0.15) is 0 Å². The summed E-state index contributed by atoms with van der Waals surface area (Å²) in [6, 6.07) is 22.1. The summed E-state index contributed by atoms with van der Waals surface area (Å²) >= 11 is 0.